The minimum atomic E-state index is -2.81. The smallest absolute Gasteiger partial charge is 0.330 e. The Morgan fingerprint density at radius 3 is 2.12 bits per heavy atom. The molecule has 178 valence electrons. The van der Waals surface area contributed by atoms with Crippen molar-refractivity contribution in [2.75, 3.05) is 0 Å². The molecule has 1 aliphatic rings. The Morgan fingerprint density at radius 1 is 1.06 bits per heavy atom. The van der Waals surface area contributed by atoms with E-state index >= 15 is 0 Å². The molecule has 2 heterocycles. The van der Waals surface area contributed by atoms with Crippen molar-refractivity contribution in [3.8, 4) is 0 Å². The van der Waals surface area contributed by atoms with Crippen LogP contribution in [0.5, 0.6) is 0 Å². The third-order valence-corrected chi connectivity index (χ3v) is 11.6. The van der Waals surface area contributed by atoms with Crippen LogP contribution in [-0.4, -0.2) is 30.1 Å². The number of ether oxygens (including phenoxy) is 1. The van der Waals surface area contributed by atoms with Crippen molar-refractivity contribution in [3.05, 3.63) is 106 Å². The van der Waals surface area contributed by atoms with Gasteiger partial charge in [0.05, 0.1) is 6.10 Å². The molecule has 0 aliphatic carbocycles. The number of hydrogen-bond acceptors (Lipinski definition) is 4. The van der Waals surface area contributed by atoms with Crippen LogP contribution in [0.15, 0.2) is 89.1 Å². The summed E-state index contributed by atoms with van der Waals surface area (Å²) < 4.78 is 14.9. The number of aromatic nitrogens is 2. The predicted molar refractivity (Wildman–Crippen MR) is 137 cm³/mol. The molecule has 34 heavy (non-hydrogen) atoms. The van der Waals surface area contributed by atoms with Crippen molar-refractivity contribution < 1.29 is 9.16 Å². The molecule has 0 saturated carbocycles. The third-order valence-electron chi connectivity index (χ3n) is 6.55. The molecule has 0 amide bonds. The van der Waals surface area contributed by atoms with Gasteiger partial charge in [-0.3, -0.25) is 14.3 Å². The van der Waals surface area contributed by atoms with E-state index in [0.29, 0.717) is 12.0 Å². The summed E-state index contributed by atoms with van der Waals surface area (Å²) in [6.07, 6.45) is 2.49. The largest absolute Gasteiger partial charge is 0.401 e. The fourth-order valence-corrected chi connectivity index (χ4v) is 9.58. The fraction of sp³-hybridized carbons (Fsp3) is 0.333. The summed E-state index contributed by atoms with van der Waals surface area (Å²) in [7, 11) is -2.81. The monoisotopic (exact) mass is 476 g/mol. The van der Waals surface area contributed by atoms with Crippen LogP contribution in [0.25, 0.3) is 0 Å². The maximum Gasteiger partial charge on any atom is 0.330 e. The number of benzene rings is 2. The van der Waals surface area contributed by atoms with E-state index in [1.54, 1.807) is 19.2 Å². The first kappa shape index (κ1) is 24.1. The number of aryl methyl sites for hydroxylation is 1. The van der Waals surface area contributed by atoms with Crippen LogP contribution >= 0.6 is 0 Å². The van der Waals surface area contributed by atoms with Gasteiger partial charge in [0.15, 0.2) is 0 Å². The van der Waals surface area contributed by atoms with E-state index in [0.717, 1.165) is 0 Å². The van der Waals surface area contributed by atoms with Crippen molar-refractivity contribution in [1.82, 2.24) is 9.55 Å². The van der Waals surface area contributed by atoms with Gasteiger partial charge in [-0.2, -0.15) is 0 Å². The van der Waals surface area contributed by atoms with E-state index in [2.05, 4.69) is 80.9 Å². The molecule has 7 heteroatoms. The number of nitrogens with one attached hydrogen (secondary N) is 1. The van der Waals surface area contributed by atoms with Crippen LogP contribution in [0.4, 0.5) is 0 Å². The molecule has 3 atom stereocenters. The number of aromatic amines is 1. The van der Waals surface area contributed by atoms with Crippen LogP contribution in [0.3, 0.4) is 0 Å². The van der Waals surface area contributed by atoms with E-state index in [1.807, 2.05) is 12.1 Å². The van der Waals surface area contributed by atoms with Gasteiger partial charge in [0.25, 0.3) is 13.9 Å². The van der Waals surface area contributed by atoms with E-state index in [1.165, 1.54) is 14.9 Å². The second-order valence-electron chi connectivity index (χ2n) is 9.82. The fourth-order valence-electron chi connectivity index (χ4n) is 4.88. The maximum atomic E-state index is 12.5. The average Bonchev–Trinajstić information content (AvgIpc) is 3.22. The molecule has 2 aromatic carbocycles. The normalized spacial score (nSPS) is 20.9. The molecule has 0 unspecified atom stereocenters. The van der Waals surface area contributed by atoms with Crippen molar-refractivity contribution in [2.45, 2.75) is 57.6 Å². The lowest BCUT2D eigenvalue weighted by atomic mass is 10.2. The Kier molecular flexibility index (Phi) is 6.62. The van der Waals surface area contributed by atoms with Gasteiger partial charge >= 0.3 is 5.69 Å². The van der Waals surface area contributed by atoms with Gasteiger partial charge < -0.3 is 9.16 Å². The predicted octanol–water partition coefficient (Wildman–Crippen LogP) is 3.26. The summed E-state index contributed by atoms with van der Waals surface area (Å²) in [5.41, 5.74) is -0.427. The quantitative estimate of drug-likeness (QED) is 0.438. The van der Waals surface area contributed by atoms with Gasteiger partial charge in [-0.05, 0) is 22.3 Å². The Hall–Kier alpha value is -3.00. The highest BCUT2D eigenvalue weighted by Gasteiger charge is 2.53. The van der Waals surface area contributed by atoms with E-state index in [-0.39, 0.29) is 16.7 Å². The Balaban J connectivity index is 1.80. The number of hydrogen-bond donors (Lipinski definition) is 1. The summed E-state index contributed by atoms with van der Waals surface area (Å²) in [4.78, 5) is 26.8. The lowest BCUT2D eigenvalue weighted by Gasteiger charge is -2.45. The summed E-state index contributed by atoms with van der Waals surface area (Å²) in [6, 6.07) is 20.8. The van der Waals surface area contributed by atoms with Crippen LogP contribution in [0.1, 0.15) is 39.0 Å². The highest BCUT2D eigenvalue weighted by molar-refractivity contribution is 6.99. The maximum absolute atomic E-state index is 12.5. The second kappa shape index (κ2) is 9.33. The minimum absolute atomic E-state index is 0.190. The second-order valence-corrected chi connectivity index (χ2v) is 14.1. The van der Waals surface area contributed by atoms with Crippen LogP contribution < -0.4 is 21.6 Å². The molecule has 3 aromatic rings. The molecule has 1 fully saturated rings. The van der Waals surface area contributed by atoms with E-state index in [4.69, 9.17) is 9.16 Å². The van der Waals surface area contributed by atoms with Gasteiger partial charge in [0.2, 0.25) is 0 Å². The van der Waals surface area contributed by atoms with Crippen molar-refractivity contribution in [3.63, 3.8) is 0 Å². The average molecular weight is 477 g/mol. The lowest BCUT2D eigenvalue weighted by molar-refractivity contribution is 0.00697. The number of rotatable bonds is 6. The summed E-state index contributed by atoms with van der Waals surface area (Å²) in [5.74, 6) is 0. The first-order chi connectivity index (χ1) is 16.2. The zero-order valence-corrected chi connectivity index (χ0v) is 21.2. The van der Waals surface area contributed by atoms with E-state index in [9.17, 15) is 9.59 Å². The van der Waals surface area contributed by atoms with Crippen LogP contribution in [0, 0.1) is 6.92 Å². The van der Waals surface area contributed by atoms with Crippen molar-refractivity contribution in [2.24, 2.45) is 0 Å². The Labute approximate surface area is 201 Å². The Morgan fingerprint density at radius 2 is 1.62 bits per heavy atom. The van der Waals surface area contributed by atoms with E-state index < -0.39 is 26.3 Å². The highest BCUT2D eigenvalue weighted by Crippen LogP contribution is 2.41. The third kappa shape index (κ3) is 4.27. The zero-order valence-electron chi connectivity index (χ0n) is 20.2. The molecule has 1 aromatic heterocycles. The van der Waals surface area contributed by atoms with Gasteiger partial charge in [0, 0.05) is 18.2 Å². The van der Waals surface area contributed by atoms with Gasteiger partial charge in [-0.1, -0.05) is 87.5 Å². The standard InChI is InChI=1S/C27H32N2O4Si/c1-6-22-23(17-24(32-22)29-18-19(2)25(30)28-26(29)31)33-34(27(3,4)5,20-13-9-7-10-14-20)21-15-11-8-12-16-21/h6-16,18,22-24H,1,17H2,2-5H3,(H,28,30,31)/t22-,23+,24-/m1/s1. The molecule has 1 saturated heterocycles. The summed E-state index contributed by atoms with van der Waals surface area (Å²) >= 11 is 0. The molecular formula is C27H32N2O4Si. The zero-order chi connectivity index (χ0) is 24.5. The first-order valence-corrected chi connectivity index (χ1v) is 13.5. The van der Waals surface area contributed by atoms with Gasteiger partial charge in [-0.25, -0.2) is 4.79 Å². The van der Waals surface area contributed by atoms with Crippen LogP contribution in [0.2, 0.25) is 5.04 Å². The molecular weight excluding hydrogens is 444 g/mol. The van der Waals surface area contributed by atoms with Gasteiger partial charge in [-0.15, -0.1) is 6.58 Å². The molecule has 0 bridgehead atoms. The SMILES string of the molecule is C=C[C@H]1O[C@@H](n2cc(C)c(=O)[nH]c2=O)C[C@@H]1O[Si](c1ccccc1)(c1ccccc1)C(C)(C)C. The number of nitrogens with zero attached hydrogens (tertiary/aromatic N) is 1. The van der Waals surface area contributed by atoms with Gasteiger partial charge in [0.1, 0.15) is 12.3 Å². The van der Waals surface area contributed by atoms with Crippen LogP contribution in [-0.2, 0) is 9.16 Å². The highest BCUT2D eigenvalue weighted by atomic mass is 28.4. The van der Waals surface area contributed by atoms with Crippen molar-refractivity contribution in [1.29, 1.82) is 0 Å². The molecule has 6 nitrogen and oxygen atoms in total. The Bertz CT molecular complexity index is 1220. The minimum Gasteiger partial charge on any atom is -0.401 e. The summed E-state index contributed by atoms with van der Waals surface area (Å²) in [5, 5.41) is 2.17. The molecule has 4 rings (SSSR count). The molecule has 1 N–H and O–H groups in total. The number of H-pyrrole nitrogens is 1. The molecule has 0 radical (unpaired) electrons. The summed E-state index contributed by atoms with van der Waals surface area (Å²) in [6.45, 7) is 12.3. The molecule has 1 aliphatic heterocycles. The first-order valence-electron chi connectivity index (χ1n) is 11.6. The topological polar surface area (TPSA) is 73.3 Å². The lowest BCUT2D eigenvalue weighted by Crippen LogP contribution is -2.68. The van der Waals surface area contributed by atoms with Crippen molar-refractivity contribution >= 4 is 18.7 Å². The molecule has 0 spiro atoms.